The van der Waals surface area contributed by atoms with E-state index in [-0.39, 0.29) is 5.56 Å². The number of guanidine groups is 1. The summed E-state index contributed by atoms with van der Waals surface area (Å²) in [5, 5.41) is 18.2. The van der Waals surface area contributed by atoms with Crippen molar-refractivity contribution in [3.63, 3.8) is 0 Å². The van der Waals surface area contributed by atoms with Crippen LogP contribution in [0.1, 0.15) is 28.8 Å². The lowest BCUT2D eigenvalue weighted by molar-refractivity contribution is 0.0697. The molecule has 1 aliphatic heterocycles. The molecule has 0 unspecified atom stereocenters. The fourth-order valence-corrected chi connectivity index (χ4v) is 1.90. The van der Waals surface area contributed by atoms with E-state index in [2.05, 4.69) is 15.4 Å². The van der Waals surface area contributed by atoms with Crippen LogP contribution in [0.15, 0.2) is 34.4 Å². The molecule has 0 amide bonds. The molecule has 2 rings (SSSR count). The first-order valence-electron chi connectivity index (χ1n) is 6.57. The molecule has 1 heterocycles. The highest BCUT2D eigenvalue weighted by molar-refractivity contribution is 5.98. The van der Waals surface area contributed by atoms with Gasteiger partial charge in [0.05, 0.1) is 11.8 Å². The van der Waals surface area contributed by atoms with Crippen LogP contribution in [0.5, 0.6) is 0 Å². The maximum absolute atomic E-state index is 11.1. The molecule has 0 spiro atoms. The summed E-state index contributed by atoms with van der Waals surface area (Å²) in [5.74, 6) is -0.244. The molecule has 0 aliphatic carbocycles. The Morgan fingerprint density at radius 3 is 3.05 bits per heavy atom. The molecule has 0 saturated carbocycles. The highest BCUT2D eigenvalue weighted by atomic mass is 16.4. The number of rotatable bonds is 3. The monoisotopic (exact) mass is 274 g/mol. The van der Waals surface area contributed by atoms with E-state index in [4.69, 9.17) is 5.11 Å². The number of hydrogen-bond acceptors (Lipinski definition) is 5. The predicted octanol–water partition coefficient (Wildman–Crippen LogP) is 1.39. The molecule has 1 aromatic rings. The number of nitrogens with one attached hydrogen (secondary N) is 1. The molecule has 2 N–H and O–H groups in total. The van der Waals surface area contributed by atoms with Crippen LogP contribution in [-0.4, -0.2) is 48.4 Å². The van der Waals surface area contributed by atoms with Crippen molar-refractivity contribution in [3.05, 3.63) is 35.4 Å². The third-order valence-electron chi connectivity index (χ3n) is 3.00. The molecule has 6 heteroatoms. The van der Waals surface area contributed by atoms with Gasteiger partial charge in [-0.1, -0.05) is 18.2 Å². The Bertz CT molecular complexity index is 540. The van der Waals surface area contributed by atoms with E-state index in [1.165, 1.54) is 0 Å². The Morgan fingerprint density at radius 1 is 1.45 bits per heavy atom. The number of hydrogen-bond donors (Lipinski definition) is 2. The van der Waals surface area contributed by atoms with E-state index >= 15 is 0 Å². The van der Waals surface area contributed by atoms with Gasteiger partial charge in [0.1, 0.15) is 0 Å². The fourth-order valence-electron chi connectivity index (χ4n) is 1.90. The lowest BCUT2D eigenvalue weighted by Crippen LogP contribution is -2.35. The molecular formula is C14H18N4O2. The summed E-state index contributed by atoms with van der Waals surface area (Å²) in [6, 6.07) is 6.77. The van der Waals surface area contributed by atoms with Gasteiger partial charge in [-0.3, -0.25) is 4.99 Å². The third-order valence-corrected chi connectivity index (χ3v) is 3.00. The van der Waals surface area contributed by atoms with Gasteiger partial charge in [-0.2, -0.15) is 5.10 Å². The van der Waals surface area contributed by atoms with Gasteiger partial charge < -0.3 is 10.4 Å². The van der Waals surface area contributed by atoms with Crippen molar-refractivity contribution in [1.82, 2.24) is 10.3 Å². The number of carbonyl (C=O) groups is 1. The van der Waals surface area contributed by atoms with Crippen LogP contribution < -0.4 is 5.32 Å². The van der Waals surface area contributed by atoms with Crippen molar-refractivity contribution in [3.8, 4) is 0 Å². The average Bonchev–Trinajstić information content (AvgIpc) is 2.74. The standard InChI is InChI=1S/C14H18N4O2/c1-18(14-15-8-4-5-9-16-14)17-10-11-6-2-3-7-12(11)13(19)20/h2-3,6-7,10H,4-5,8-9H2,1H3,(H,15,16)(H,19,20)/b17-10-. The van der Waals surface area contributed by atoms with Crippen LogP contribution in [0.3, 0.4) is 0 Å². The number of carboxylic acid groups (broad SMARTS) is 1. The lowest BCUT2D eigenvalue weighted by atomic mass is 10.1. The summed E-state index contributed by atoms with van der Waals surface area (Å²) >= 11 is 0. The van der Waals surface area contributed by atoms with Crippen LogP contribution in [0, 0.1) is 0 Å². The summed E-state index contributed by atoms with van der Waals surface area (Å²) in [6.45, 7) is 1.66. The Balaban J connectivity index is 2.12. The number of hydrazone groups is 1. The molecule has 0 bridgehead atoms. The molecule has 106 valence electrons. The van der Waals surface area contributed by atoms with Crippen LogP contribution >= 0.6 is 0 Å². The quantitative estimate of drug-likeness (QED) is 0.645. The van der Waals surface area contributed by atoms with Gasteiger partial charge in [-0.15, -0.1) is 0 Å². The summed E-state index contributed by atoms with van der Waals surface area (Å²) < 4.78 is 0. The average molecular weight is 274 g/mol. The minimum Gasteiger partial charge on any atom is -0.478 e. The minimum absolute atomic E-state index is 0.236. The summed E-state index contributed by atoms with van der Waals surface area (Å²) in [6.07, 6.45) is 3.70. The maximum atomic E-state index is 11.1. The number of aliphatic imine (C=N–C) groups is 1. The molecule has 1 aromatic carbocycles. The first-order valence-corrected chi connectivity index (χ1v) is 6.57. The van der Waals surface area contributed by atoms with Crippen molar-refractivity contribution in [2.75, 3.05) is 20.1 Å². The second-order valence-electron chi connectivity index (χ2n) is 4.50. The van der Waals surface area contributed by atoms with Gasteiger partial charge in [-0.05, 0) is 18.9 Å². The number of nitrogens with zero attached hydrogens (tertiary/aromatic N) is 3. The van der Waals surface area contributed by atoms with E-state index in [1.54, 1.807) is 42.5 Å². The minimum atomic E-state index is -0.959. The summed E-state index contributed by atoms with van der Waals surface area (Å²) in [5.41, 5.74) is 0.807. The van der Waals surface area contributed by atoms with Crippen molar-refractivity contribution < 1.29 is 9.90 Å². The first-order chi connectivity index (χ1) is 9.68. The van der Waals surface area contributed by atoms with E-state index < -0.39 is 5.97 Å². The molecular weight excluding hydrogens is 256 g/mol. The normalized spacial score (nSPS) is 15.3. The van der Waals surface area contributed by atoms with Crippen LogP contribution in [-0.2, 0) is 0 Å². The number of benzene rings is 1. The van der Waals surface area contributed by atoms with Crippen molar-refractivity contribution in [1.29, 1.82) is 0 Å². The SMILES string of the molecule is CN(/N=C\c1ccccc1C(=O)O)C1=NCCCCN1. The molecule has 0 fully saturated rings. The second kappa shape index (κ2) is 6.70. The Kier molecular flexibility index (Phi) is 4.70. The van der Waals surface area contributed by atoms with Gasteiger partial charge in [0, 0.05) is 25.7 Å². The number of aromatic carboxylic acids is 1. The van der Waals surface area contributed by atoms with Gasteiger partial charge in [0.2, 0.25) is 5.96 Å². The van der Waals surface area contributed by atoms with Crippen LogP contribution in [0.25, 0.3) is 0 Å². The molecule has 0 radical (unpaired) electrons. The first kappa shape index (κ1) is 14.0. The molecule has 1 aliphatic rings. The van der Waals surface area contributed by atoms with Crippen molar-refractivity contribution >= 4 is 18.1 Å². The lowest BCUT2D eigenvalue weighted by Gasteiger charge is -2.15. The third kappa shape index (κ3) is 3.57. The zero-order valence-corrected chi connectivity index (χ0v) is 11.4. The van der Waals surface area contributed by atoms with Gasteiger partial charge in [-0.25, -0.2) is 9.80 Å². The highest BCUT2D eigenvalue weighted by Gasteiger charge is 2.09. The van der Waals surface area contributed by atoms with Crippen LogP contribution in [0.4, 0.5) is 0 Å². The van der Waals surface area contributed by atoms with Gasteiger partial charge in [0.15, 0.2) is 0 Å². The van der Waals surface area contributed by atoms with E-state index in [0.717, 1.165) is 25.9 Å². The zero-order chi connectivity index (χ0) is 14.4. The summed E-state index contributed by atoms with van der Waals surface area (Å²) in [7, 11) is 1.79. The van der Waals surface area contributed by atoms with Crippen molar-refractivity contribution in [2.24, 2.45) is 10.1 Å². The topological polar surface area (TPSA) is 77.3 Å². The molecule has 6 nitrogen and oxygen atoms in total. The number of carboxylic acids is 1. The van der Waals surface area contributed by atoms with Crippen molar-refractivity contribution in [2.45, 2.75) is 12.8 Å². The van der Waals surface area contributed by atoms with Gasteiger partial charge >= 0.3 is 5.97 Å². The largest absolute Gasteiger partial charge is 0.478 e. The molecule has 20 heavy (non-hydrogen) atoms. The smallest absolute Gasteiger partial charge is 0.336 e. The Morgan fingerprint density at radius 2 is 2.25 bits per heavy atom. The Hall–Kier alpha value is -2.37. The molecule has 0 saturated heterocycles. The summed E-state index contributed by atoms with van der Waals surface area (Å²) in [4.78, 5) is 15.5. The van der Waals surface area contributed by atoms with E-state index in [0.29, 0.717) is 11.5 Å². The molecule has 0 aromatic heterocycles. The highest BCUT2D eigenvalue weighted by Crippen LogP contribution is 2.06. The fraction of sp³-hybridized carbons (Fsp3) is 0.357. The maximum Gasteiger partial charge on any atom is 0.336 e. The van der Waals surface area contributed by atoms with E-state index in [1.807, 2.05) is 0 Å². The molecule has 0 atom stereocenters. The second-order valence-corrected chi connectivity index (χ2v) is 4.50. The van der Waals surface area contributed by atoms with Crippen LogP contribution in [0.2, 0.25) is 0 Å². The zero-order valence-electron chi connectivity index (χ0n) is 11.4. The predicted molar refractivity (Wildman–Crippen MR) is 78.3 cm³/mol. The van der Waals surface area contributed by atoms with Gasteiger partial charge in [0.25, 0.3) is 0 Å². The van der Waals surface area contributed by atoms with E-state index in [9.17, 15) is 4.79 Å². The Labute approximate surface area is 117 Å².